The normalized spacial score (nSPS) is 17.1. The number of carbonyl (C=O) groups is 1. The maximum Gasteiger partial charge on any atom is 0.174 e. The molecule has 0 saturated heterocycles. The maximum atomic E-state index is 12.8. The predicted molar refractivity (Wildman–Crippen MR) is 116 cm³/mol. The molecule has 3 N–H and O–H groups in total. The van der Waals surface area contributed by atoms with Crippen LogP contribution in [0.4, 0.5) is 0 Å². The average Bonchev–Trinajstić information content (AvgIpc) is 2.67. The SMILES string of the molecule is CC(C)=CC(O)CC(C)=CCc1c(O)cc(O)c2c1OC(c1ccccc1)CC2=O. The Morgan fingerprint density at radius 2 is 1.87 bits per heavy atom. The van der Waals surface area contributed by atoms with E-state index in [0.29, 0.717) is 18.4 Å². The Labute approximate surface area is 177 Å². The van der Waals surface area contributed by atoms with Gasteiger partial charge in [-0.15, -0.1) is 0 Å². The minimum atomic E-state index is -0.575. The zero-order valence-electron chi connectivity index (χ0n) is 17.6. The molecule has 0 aliphatic carbocycles. The number of aliphatic hydroxyl groups excluding tert-OH is 1. The van der Waals surface area contributed by atoms with Crippen molar-refractivity contribution in [1.29, 1.82) is 0 Å². The fourth-order valence-electron chi connectivity index (χ4n) is 3.71. The monoisotopic (exact) mass is 408 g/mol. The van der Waals surface area contributed by atoms with Crippen LogP contribution >= 0.6 is 0 Å². The zero-order chi connectivity index (χ0) is 21.8. The van der Waals surface area contributed by atoms with Crippen molar-refractivity contribution in [2.45, 2.75) is 52.2 Å². The second-order valence-corrected chi connectivity index (χ2v) is 8.01. The van der Waals surface area contributed by atoms with E-state index in [1.54, 1.807) is 6.08 Å². The highest BCUT2D eigenvalue weighted by Crippen LogP contribution is 2.45. The van der Waals surface area contributed by atoms with Gasteiger partial charge in [-0.2, -0.15) is 0 Å². The van der Waals surface area contributed by atoms with Crippen molar-refractivity contribution in [2.75, 3.05) is 0 Å². The van der Waals surface area contributed by atoms with Crippen LogP contribution in [0.5, 0.6) is 17.2 Å². The number of rotatable bonds is 6. The lowest BCUT2D eigenvalue weighted by Gasteiger charge is -2.28. The molecule has 0 spiro atoms. The Morgan fingerprint density at radius 1 is 1.17 bits per heavy atom. The van der Waals surface area contributed by atoms with Crippen molar-refractivity contribution in [3.8, 4) is 17.2 Å². The quantitative estimate of drug-likeness (QED) is 0.585. The molecule has 0 fully saturated rings. The van der Waals surface area contributed by atoms with Crippen molar-refractivity contribution in [2.24, 2.45) is 0 Å². The van der Waals surface area contributed by atoms with Crippen LogP contribution in [0, 0.1) is 0 Å². The number of hydrogen-bond donors (Lipinski definition) is 3. The highest BCUT2D eigenvalue weighted by atomic mass is 16.5. The number of benzene rings is 2. The minimum absolute atomic E-state index is 0.116. The number of ether oxygens (including phenoxy) is 1. The first kappa shape index (κ1) is 21.7. The molecule has 1 heterocycles. The van der Waals surface area contributed by atoms with Crippen molar-refractivity contribution in [3.63, 3.8) is 0 Å². The molecule has 2 atom stereocenters. The summed E-state index contributed by atoms with van der Waals surface area (Å²) in [5.41, 5.74) is 3.42. The van der Waals surface area contributed by atoms with Crippen LogP contribution in [0.25, 0.3) is 0 Å². The smallest absolute Gasteiger partial charge is 0.174 e. The fourth-order valence-corrected chi connectivity index (χ4v) is 3.71. The summed E-state index contributed by atoms with van der Waals surface area (Å²) in [6.45, 7) is 5.77. The van der Waals surface area contributed by atoms with Gasteiger partial charge in [-0.1, -0.05) is 53.6 Å². The van der Waals surface area contributed by atoms with E-state index in [2.05, 4.69) is 0 Å². The number of aromatic hydroxyl groups is 2. The van der Waals surface area contributed by atoms with Gasteiger partial charge in [-0.25, -0.2) is 0 Å². The largest absolute Gasteiger partial charge is 0.507 e. The average molecular weight is 408 g/mol. The van der Waals surface area contributed by atoms with E-state index in [0.717, 1.165) is 16.7 Å². The van der Waals surface area contributed by atoms with Gasteiger partial charge in [-0.05, 0) is 39.2 Å². The second-order valence-electron chi connectivity index (χ2n) is 8.01. The van der Waals surface area contributed by atoms with Crippen molar-refractivity contribution < 1.29 is 24.9 Å². The lowest BCUT2D eigenvalue weighted by Crippen LogP contribution is -2.21. The van der Waals surface area contributed by atoms with Gasteiger partial charge in [0, 0.05) is 11.6 Å². The number of allylic oxidation sites excluding steroid dienone is 2. The summed E-state index contributed by atoms with van der Waals surface area (Å²) >= 11 is 0. The van der Waals surface area contributed by atoms with Gasteiger partial charge >= 0.3 is 0 Å². The zero-order valence-corrected chi connectivity index (χ0v) is 17.6. The van der Waals surface area contributed by atoms with Gasteiger partial charge in [0.05, 0.1) is 12.5 Å². The number of aliphatic hydroxyl groups is 1. The van der Waals surface area contributed by atoms with Crippen LogP contribution in [-0.2, 0) is 6.42 Å². The van der Waals surface area contributed by atoms with Crippen LogP contribution in [0.15, 0.2) is 59.7 Å². The molecule has 0 aromatic heterocycles. The first-order valence-corrected chi connectivity index (χ1v) is 10.1. The van der Waals surface area contributed by atoms with Gasteiger partial charge in [-0.3, -0.25) is 4.79 Å². The number of fused-ring (bicyclic) bond motifs is 1. The first-order valence-electron chi connectivity index (χ1n) is 10.1. The molecule has 1 aliphatic rings. The van der Waals surface area contributed by atoms with Crippen LogP contribution < -0.4 is 4.74 Å². The van der Waals surface area contributed by atoms with E-state index >= 15 is 0 Å². The number of phenols is 2. The Balaban J connectivity index is 1.91. The maximum absolute atomic E-state index is 12.8. The van der Waals surface area contributed by atoms with E-state index in [1.165, 1.54) is 6.07 Å². The number of carbonyl (C=O) groups excluding carboxylic acids is 1. The van der Waals surface area contributed by atoms with Crippen LogP contribution in [-0.4, -0.2) is 27.2 Å². The van der Waals surface area contributed by atoms with E-state index in [1.807, 2.05) is 57.2 Å². The number of ketones is 1. The van der Waals surface area contributed by atoms with Crippen LogP contribution in [0.3, 0.4) is 0 Å². The Hall–Kier alpha value is -3.05. The highest BCUT2D eigenvalue weighted by molar-refractivity contribution is 6.03. The van der Waals surface area contributed by atoms with Gasteiger partial charge < -0.3 is 20.1 Å². The molecule has 30 heavy (non-hydrogen) atoms. The van der Waals surface area contributed by atoms with E-state index in [4.69, 9.17) is 4.74 Å². The standard InChI is InChI=1S/C25H28O5/c1-15(2)11-18(26)12-16(3)9-10-19-20(27)13-21(28)24-22(29)14-23(30-25(19)24)17-7-5-4-6-8-17/h4-9,11,13,18,23,26-28H,10,12,14H2,1-3H3. The number of phenolic OH excluding ortho intramolecular Hbond substituents is 2. The summed E-state index contributed by atoms with van der Waals surface area (Å²) in [5, 5.41) is 30.8. The number of hydrogen-bond acceptors (Lipinski definition) is 5. The third kappa shape index (κ3) is 4.92. The minimum Gasteiger partial charge on any atom is -0.507 e. The topological polar surface area (TPSA) is 87.0 Å². The van der Waals surface area contributed by atoms with Gasteiger partial charge in [0.1, 0.15) is 28.9 Å². The molecular formula is C25H28O5. The molecular weight excluding hydrogens is 380 g/mol. The fraction of sp³-hybridized carbons (Fsp3) is 0.320. The molecule has 5 heteroatoms. The van der Waals surface area contributed by atoms with E-state index in [-0.39, 0.29) is 35.0 Å². The summed E-state index contributed by atoms with van der Waals surface area (Å²) in [4.78, 5) is 12.8. The Morgan fingerprint density at radius 3 is 2.53 bits per heavy atom. The van der Waals surface area contributed by atoms with Crippen molar-refractivity contribution in [1.82, 2.24) is 0 Å². The van der Waals surface area contributed by atoms with Crippen molar-refractivity contribution in [3.05, 3.63) is 76.4 Å². The first-order chi connectivity index (χ1) is 14.3. The van der Waals surface area contributed by atoms with Crippen LogP contribution in [0.2, 0.25) is 0 Å². The molecule has 5 nitrogen and oxygen atoms in total. The molecule has 1 aliphatic heterocycles. The summed E-state index contributed by atoms with van der Waals surface area (Å²) in [6.07, 6.45) is 3.55. The summed E-state index contributed by atoms with van der Waals surface area (Å²) < 4.78 is 6.12. The molecule has 2 aromatic rings. The summed E-state index contributed by atoms with van der Waals surface area (Å²) in [5.74, 6) is -0.390. The summed E-state index contributed by atoms with van der Waals surface area (Å²) in [6, 6.07) is 10.6. The molecule has 2 aromatic carbocycles. The van der Waals surface area contributed by atoms with E-state index < -0.39 is 12.2 Å². The van der Waals surface area contributed by atoms with Gasteiger partial charge in [0.2, 0.25) is 0 Å². The van der Waals surface area contributed by atoms with E-state index in [9.17, 15) is 20.1 Å². The lowest BCUT2D eigenvalue weighted by atomic mass is 9.92. The molecule has 0 radical (unpaired) electrons. The third-order valence-electron chi connectivity index (χ3n) is 5.13. The van der Waals surface area contributed by atoms with Gasteiger partial charge in [0.25, 0.3) is 0 Å². The summed E-state index contributed by atoms with van der Waals surface area (Å²) in [7, 11) is 0. The molecule has 2 unspecified atom stereocenters. The van der Waals surface area contributed by atoms with Crippen molar-refractivity contribution >= 4 is 5.78 Å². The molecule has 158 valence electrons. The molecule has 3 rings (SSSR count). The molecule has 0 amide bonds. The molecule has 0 bridgehead atoms. The van der Waals surface area contributed by atoms with Gasteiger partial charge in [0.15, 0.2) is 5.78 Å². The molecule has 0 saturated carbocycles. The number of Topliss-reactive ketones (excluding diaryl/α,β-unsaturated/α-hetero) is 1. The third-order valence-corrected chi connectivity index (χ3v) is 5.13. The predicted octanol–water partition coefficient (Wildman–Crippen LogP) is 5.01. The Kier molecular flexibility index (Phi) is 6.63. The Bertz CT molecular complexity index is 984. The second kappa shape index (κ2) is 9.18. The lowest BCUT2D eigenvalue weighted by molar-refractivity contribution is 0.0842. The highest BCUT2D eigenvalue weighted by Gasteiger charge is 2.33. The van der Waals surface area contributed by atoms with Crippen LogP contribution in [0.1, 0.15) is 61.2 Å².